The average Bonchev–Trinajstić information content (AvgIpc) is 3.18. The van der Waals surface area contributed by atoms with Crippen LogP contribution in [-0.4, -0.2) is 14.5 Å². The third kappa shape index (κ3) is 6.47. The molecule has 0 radical (unpaired) electrons. The van der Waals surface area contributed by atoms with Gasteiger partial charge >= 0.3 is 0 Å². The summed E-state index contributed by atoms with van der Waals surface area (Å²) >= 11 is 14.3. The first-order chi connectivity index (χ1) is 17.0. The number of benzene rings is 2. The molecule has 0 amide bonds. The molecular weight excluding hydrogens is 497 g/mol. The number of aromatic nitrogens is 3. The molecular formula is C28H29Cl2N3OS. The summed E-state index contributed by atoms with van der Waals surface area (Å²) in [6, 6.07) is 21.9. The van der Waals surface area contributed by atoms with Crippen LogP contribution in [0.25, 0.3) is 0 Å². The number of rotatable bonds is 10. The molecule has 35 heavy (non-hydrogen) atoms. The van der Waals surface area contributed by atoms with E-state index >= 15 is 0 Å². The predicted molar refractivity (Wildman–Crippen MR) is 145 cm³/mol. The molecule has 0 saturated heterocycles. The Balaban J connectivity index is 1.77. The molecule has 0 saturated carbocycles. The number of pyridine rings is 1. The Morgan fingerprint density at radius 1 is 0.943 bits per heavy atom. The molecule has 2 heterocycles. The van der Waals surface area contributed by atoms with Crippen LogP contribution in [0.2, 0.25) is 10.0 Å². The van der Waals surface area contributed by atoms with Crippen LogP contribution in [0.15, 0.2) is 82.8 Å². The summed E-state index contributed by atoms with van der Waals surface area (Å²) in [5.74, 6) is 1.11. The highest BCUT2D eigenvalue weighted by Gasteiger charge is 2.26. The standard InChI is InChI=1S/C28H29Cl2N3OS/c1-4-25(24-12-8-9-13-31-24)33-26(18-34-17-20-10-6-5-7-11-20)32-27(19(2)3)28(33)35-23-15-21(29)14-22(30)16-23/h5-16,19,25H,4,17-18H2,1-3H3. The zero-order valence-electron chi connectivity index (χ0n) is 20.1. The van der Waals surface area contributed by atoms with Crippen LogP contribution in [0.3, 0.4) is 0 Å². The minimum Gasteiger partial charge on any atom is -0.369 e. The summed E-state index contributed by atoms with van der Waals surface area (Å²) in [4.78, 5) is 10.8. The van der Waals surface area contributed by atoms with Gasteiger partial charge in [0.1, 0.15) is 17.5 Å². The van der Waals surface area contributed by atoms with Gasteiger partial charge in [-0.1, -0.05) is 92.1 Å². The Labute approximate surface area is 221 Å². The number of imidazole rings is 1. The van der Waals surface area contributed by atoms with Crippen molar-refractivity contribution in [2.24, 2.45) is 0 Å². The van der Waals surface area contributed by atoms with E-state index in [0.717, 1.165) is 39.1 Å². The van der Waals surface area contributed by atoms with E-state index in [4.69, 9.17) is 32.9 Å². The highest BCUT2D eigenvalue weighted by molar-refractivity contribution is 7.99. The lowest BCUT2D eigenvalue weighted by atomic mass is 10.1. The lowest BCUT2D eigenvalue weighted by molar-refractivity contribution is 0.0979. The third-order valence-corrected chi connectivity index (χ3v) is 7.14. The fourth-order valence-corrected chi connectivity index (χ4v) is 5.98. The fraction of sp³-hybridized carbons (Fsp3) is 0.286. The van der Waals surface area contributed by atoms with Gasteiger partial charge in [-0.2, -0.15) is 0 Å². The molecule has 4 nitrogen and oxygen atoms in total. The zero-order valence-corrected chi connectivity index (χ0v) is 22.4. The maximum absolute atomic E-state index is 6.33. The van der Waals surface area contributed by atoms with Crippen molar-refractivity contribution in [3.8, 4) is 0 Å². The summed E-state index contributed by atoms with van der Waals surface area (Å²) in [7, 11) is 0. The molecule has 4 rings (SSSR count). The number of hydrogen-bond donors (Lipinski definition) is 0. The van der Waals surface area contributed by atoms with Crippen LogP contribution in [0.4, 0.5) is 0 Å². The maximum atomic E-state index is 6.33. The molecule has 0 N–H and O–H groups in total. The second-order valence-electron chi connectivity index (χ2n) is 8.61. The van der Waals surface area contributed by atoms with Crippen LogP contribution in [0.5, 0.6) is 0 Å². The summed E-state index contributed by atoms with van der Waals surface area (Å²) in [6.45, 7) is 7.43. The Kier molecular flexibility index (Phi) is 8.90. The van der Waals surface area contributed by atoms with Gasteiger partial charge in [-0.15, -0.1) is 0 Å². The maximum Gasteiger partial charge on any atom is 0.136 e. The third-order valence-electron chi connectivity index (χ3n) is 5.63. The van der Waals surface area contributed by atoms with Gasteiger partial charge in [0, 0.05) is 21.1 Å². The normalized spacial score (nSPS) is 12.3. The number of hydrogen-bond acceptors (Lipinski definition) is 4. The summed E-state index contributed by atoms with van der Waals surface area (Å²) < 4.78 is 8.45. The van der Waals surface area contributed by atoms with E-state index in [9.17, 15) is 0 Å². The van der Waals surface area contributed by atoms with E-state index in [1.54, 1.807) is 17.8 Å². The van der Waals surface area contributed by atoms with E-state index in [0.29, 0.717) is 23.3 Å². The predicted octanol–water partition coefficient (Wildman–Crippen LogP) is 8.58. The first kappa shape index (κ1) is 25.8. The van der Waals surface area contributed by atoms with Gasteiger partial charge in [-0.3, -0.25) is 4.98 Å². The monoisotopic (exact) mass is 525 g/mol. The summed E-state index contributed by atoms with van der Waals surface area (Å²) in [6.07, 6.45) is 2.70. The van der Waals surface area contributed by atoms with Gasteiger partial charge in [-0.05, 0) is 48.2 Å². The Hall–Kier alpha value is -2.31. The molecule has 182 valence electrons. The van der Waals surface area contributed by atoms with Gasteiger partial charge in [0.2, 0.25) is 0 Å². The van der Waals surface area contributed by atoms with E-state index in [-0.39, 0.29) is 12.0 Å². The number of nitrogens with zero attached hydrogens (tertiary/aromatic N) is 3. The molecule has 7 heteroatoms. The number of halogens is 2. The largest absolute Gasteiger partial charge is 0.369 e. The van der Waals surface area contributed by atoms with Gasteiger partial charge in [0.15, 0.2) is 0 Å². The average molecular weight is 527 g/mol. The van der Waals surface area contributed by atoms with Crippen molar-refractivity contribution in [3.63, 3.8) is 0 Å². The quantitative estimate of drug-likeness (QED) is 0.208. The Morgan fingerprint density at radius 2 is 1.66 bits per heavy atom. The SMILES string of the molecule is CCC(c1ccccn1)n1c(COCc2ccccc2)nc(C(C)C)c1Sc1cc(Cl)cc(Cl)c1. The highest BCUT2D eigenvalue weighted by Crippen LogP contribution is 2.40. The summed E-state index contributed by atoms with van der Waals surface area (Å²) in [5, 5.41) is 2.29. The molecule has 0 aliphatic heterocycles. The molecule has 0 bridgehead atoms. The highest BCUT2D eigenvalue weighted by atomic mass is 35.5. The minimum absolute atomic E-state index is 0.0173. The first-order valence-electron chi connectivity index (χ1n) is 11.7. The molecule has 0 spiro atoms. The molecule has 1 unspecified atom stereocenters. The van der Waals surface area contributed by atoms with Crippen molar-refractivity contribution in [3.05, 3.63) is 106 Å². The van der Waals surface area contributed by atoms with Crippen molar-refractivity contribution in [2.45, 2.75) is 62.3 Å². The Bertz CT molecular complexity index is 1230. The van der Waals surface area contributed by atoms with Crippen LogP contribution < -0.4 is 0 Å². The van der Waals surface area contributed by atoms with Gasteiger partial charge in [0.05, 0.1) is 24.0 Å². The molecule has 0 fully saturated rings. The van der Waals surface area contributed by atoms with Crippen molar-refractivity contribution in [1.29, 1.82) is 0 Å². The molecule has 4 aromatic rings. The Morgan fingerprint density at radius 3 is 2.29 bits per heavy atom. The molecule has 2 aromatic heterocycles. The molecule has 0 aliphatic carbocycles. The first-order valence-corrected chi connectivity index (χ1v) is 13.3. The van der Waals surface area contributed by atoms with Gasteiger partial charge < -0.3 is 9.30 Å². The van der Waals surface area contributed by atoms with Crippen molar-refractivity contribution in [1.82, 2.24) is 14.5 Å². The van der Waals surface area contributed by atoms with Gasteiger partial charge in [0.25, 0.3) is 0 Å². The van der Waals surface area contributed by atoms with Crippen LogP contribution in [0.1, 0.15) is 61.9 Å². The number of ether oxygens (including phenoxy) is 1. The second-order valence-corrected chi connectivity index (χ2v) is 10.5. The smallest absolute Gasteiger partial charge is 0.136 e. The van der Waals surface area contributed by atoms with Crippen LogP contribution in [0, 0.1) is 0 Å². The van der Waals surface area contributed by atoms with E-state index in [1.807, 2.05) is 48.7 Å². The van der Waals surface area contributed by atoms with Crippen LogP contribution in [-0.2, 0) is 18.0 Å². The molecule has 0 aliphatic rings. The minimum atomic E-state index is 0.0173. The summed E-state index contributed by atoms with van der Waals surface area (Å²) in [5.41, 5.74) is 3.16. The van der Waals surface area contributed by atoms with Crippen LogP contribution >= 0.6 is 35.0 Å². The topological polar surface area (TPSA) is 39.9 Å². The van der Waals surface area contributed by atoms with E-state index in [2.05, 4.69) is 48.5 Å². The van der Waals surface area contributed by atoms with Gasteiger partial charge in [-0.25, -0.2) is 4.98 Å². The molecule has 1 atom stereocenters. The molecule has 2 aromatic carbocycles. The second kappa shape index (κ2) is 12.1. The van der Waals surface area contributed by atoms with Crippen molar-refractivity contribution >= 4 is 35.0 Å². The van der Waals surface area contributed by atoms with E-state index < -0.39 is 0 Å². The van der Waals surface area contributed by atoms with Crippen molar-refractivity contribution in [2.75, 3.05) is 0 Å². The van der Waals surface area contributed by atoms with Crippen molar-refractivity contribution < 1.29 is 4.74 Å². The lowest BCUT2D eigenvalue weighted by Gasteiger charge is -2.22. The lowest BCUT2D eigenvalue weighted by Crippen LogP contribution is -2.16. The van der Waals surface area contributed by atoms with E-state index in [1.165, 1.54) is 0 Å². The fourth-order valence-electron chi connectivity index (χ4n) is 4.01. The zero-order chi connectivity index (χ0) is 24.8.